The summed E-state index contributed by atoms with van der Waals surface area (Å²) in [5.74, 6) is -1.45. The fourth-order valence-corrected chi connectivity index (χ4v) is 3.83. The quantitative estimate of drug-likeness (QED) is 0.596. The molecule has 0 bridgehead atoms. The van der Waals surface area contributed by atoms with E-state index in [2.05, 4.69) is 26.0 Å². The summed E-state index contributed by atoms with van der Waals surface area (Å²) in [6.45, 7) is 0.0300. The molecule has 2 aromatic rings. The number of nitrogens with zero attached hydrogens (tertiary/aromatic N) is 4. The van der Waals surface area contributed by atoms with Crippen LogP contribution in [0.25, 0.3) is 0 Å². The molecule has 3 N–H and O–H groups in total. The normalized spacial score (nSPS) is 21.7. The lowest BCUT2D eigenvalue weighted by atomic mass is 10.0. The molecule has 4 amide bonds. The van der Waals surface area contributed by atoms with Gasteiger partial charge in [0.2, 0.25) is 0 Å². The number of carbonyl (C=O) groups excluding carboxylic acids is 3. The average molecular weight is 417 g/mol. The zero-order chi connectivity index (χ0) is 20.6. The number of imide groups is 1. The van der Waals surface area contributed by atoms with Crippen LogP contribution < -0.4 is 21.1 Å². The molecule has 1 unspecified atom stereocenters. The van der Waals surface area contributed by atoms with Gasteiger partial charge in [0.1, 0.15) is 16.5 Å². The van der Waals surface area contributed by atoms with Gasteiger partial charge in [0, 0.05) is 18.6 Å². The van der Waals surface area contributed by atoms with Crippen molar-refractivity contribution in [1.29, 1.82) is 0 Å². The van der Waals surface area contributed by atoms with Crippen LogP contribution in [-0.2, 0) is 15.1 Å². The van der Waals surface area contributed by atoms with Crippen LogP contribution in [0.15, 0.2) is 40.9 Å². The SMILES string of the molecule is CN1CC(C(=O)NCC2(c3nccs3)NC(=O)NC2=O)=NN1c1ccc(F)cc1. The van der Waals surface area contributed by atoms with E-state index in [1.54, 1.807) is 29.6 Å². The summed E-state index contributed by atoms with van der Waals surface area (Å²) >= 11 is 1.19. The standard InChI is InChI=1S/C17H16FN7O3S/c1-24-8-12(23-25(24)11-4-2-10(18)3-5-11)13(26)20-9-17(15-19-6-7-29-15)14(27)21-16(28)22-17/h2-7H,8-9H2,1H3,(H,20,26)(H2,21,22,27,28). The van der Waals surface area contributed by atoms with Crippen molar-refractivity contribution in [2.75, 3.05) is 25.3 Å². The van der Waals surface area contributed by atoms with Crippen LogP contribution in [-0.4, -0.2) is 53.7 Å². The molecule has 12 heteroatoms. The van der Waals surface area contributed by atoms with E-state index < -0.39 is 23.4 Å². The number of hydrogen-bond donors (Lipinski definition) is 3. The average Bonchev–Trinajstić information content (AvgIpc) is 3.41. The Morgan fingerprint density at radius 3 is 2.72 bits per heavy atom. The fourth-order valence-electron chi connectivity index (χ4n) is 3.04. The second-order valence-corrected chi connectivity index (χ2v) is 7.36. The van der Waals surface area contributed by atoms with E-state index >= 15 is 0 Å². The Bertz CT molecular complexity index is 995. The third kappa shape index (κ3) is 3.43. The van der Waals surface area contributed by atoms with Gasteiger partial charge in [-0.05, 0) is 24.3 Å². The lowest BCUT2D eigenvalue weighted by molar-refractivity contribution is -0.124. The highest BCUT2D eigenvalue weighted by Crippen LogP contribution is 2.26. The maximum atomic E-state index is 13.1. The zero-order valence-electron chi connectivity index (χ0n) is 15.2. The minimum absolute atomic E-state index is 0.184. The fraction of sp³-hybridized carbons (Fsp3) is 0.235. The maximum absolute atomic E-state index is 13.1. The maximum Gasteiger partial charge on any atom is 0.322 e. The summed E-state index contributed by atoms with van der Waals surface area (Å²) in [5.41, 5.74) is -0.669. The highest BCUT2D eigenvalue weighted by molar-refractivity contribution is 7.09. The molecule has 150 valence electrons. The van der Waals surface area contributed by atoms with Crippen molar-refractivity contribution in [2.24, 2.45) is 5.10 Å². The number of hydrazone groups is 1. The number of aromatic nitrogens is 1. The van der Waals surface area contributed by atoms with Crippen LogP contribution in [0.5, 0.6) is 0 Å². The van der Waals surface area contributed by atoms with Crippen LogP contribution in [0.4, 0.5) is 14.9 Å². The first-order chi connectivity index (χ1) is 13.9. The van der Waals surface area contributed by atoms with Crippen molar-refractivity contribution >= 4 is 40.6 Å². The monoisotopic (exact) mass is 417 g/mol. The molecule has 29 heavy (non-hydrogen) atoms. The van der Waals surface area contributed by atoms with Crippen molar-refractivity contribution in [3.63, 3.8) is 0 Å². The molecule has 1 atom stereocenters. The number of benzene rings is 1. The highest BCUT2D eigenvalue weighted by atomic mass is 32.1. The van der Waals surface area contributed by atoms with Crippen molar-refractivity contribution in [2.45, 2.75) is 5.54 Å². The second-order valence-electron chi connectivity index (χ2n) is 6.46. The number of anilines is 1. The minimum atomic E-state index is -1.47. The lowest BCUT2D eigenvalue weighted by Gasteiger charge is -2.23. The van der Waals surface area contributed by atoms with Gasteiger partial charge in [-0.2, -0.15) is 15.2 Å². The summed E-state index contributed by atoms with van der Waals surface area (Å²) in [6.07, 6.45) is 1.51. The summed E-state index contributed by atoms with van der Waals surface area (Å²) < 4.78 is 13.1. The predicted octanol–water partition coefficient (Wildman–Crippen LogP) is 0.156. The topological polar surface area (TPSA) is 119 Å². The Balaban J connectivity index is 1.50. The molecule has 0 radical (unpaired) electrons. The molecule has 10 nitrogen and oxygen atoms in total. The number of hydrogen-bond acceptors (Lipinski definition) is 8. The van der Waals surface area contributed by atoms with Gasteiger partial charge in [-0.3, -0.25) is 14.9 Å². The van der Waals surface area contributed by atoms with Crippen LogP contribution in [0, 0.1) is 5.82 Å². The Morgan fingerprint density at radius 2 is 2.10 bits per heavy atom. The van der Waals surface area contributed by atoms with E-state index in [0.717, 1.165) is 0 Å². The van der Waals surface area contributed by atoms with Gasteiger partial charge >= 0.3 is 6.03 Å². The summed E-state index contributed by atoms with van der Waals surface area (Å²) in [5, 5.41) is 16.9. The van der Waals surface area contributed by atoms with Gasteiger partial charge in [0.05, 0.1) is 18.8 Å². The number of hydrazine groups is 1. The number of urea groups is 1. The van der Waals surface area contributed by atoms with Crippen LogP contribution in [0.2, 0.25) is 0 Å². The number of thiazole rings is 1. The van der Waals surface area contributed by atoms with Crippen LogP contribution >= 0.6 is 11.3 Å². The summed E-state index contributed by atoms with van der Waals surface area (Å²) in [7, 11) is 1.73. The Labute approximate surface area is 168 Å². The number of halogens is 1. The van der Waals surface area contributed by atoms with Crippen LogP contribution in [0.1, 0.15) is 5.01 Å². The van der Waals surface area contributed by atoms with E-state index in [9.17, 15) is 18.8 Å². The molecule has 1 saturated heterocycles. The zero-order valence-corrected chi connectivity index (χ0v) is 16.0. The summed E-state index contributed by atoms with van der Waals surface area (Å²) in [6, 6.07) is 5.05. The van der Waals surface area contributed by atoms with Crippen molar-refractivity contribution in [3.8, 4) is 0 Å². The first-order valence-corrected chi connectivity index (χ1v) is 9.43. The predicted molar refractivity (Wildman–Crippen MR) is 102 cm³/mol. The lowest BCUT2D eigenvalue weighted by Crippen LogP contribution is -2.53. The minimum Gasteiger partial charge on any atom is -0.348 e. The van der Waals surface area contributed by atoms with E-state index in [1.165, 1.54) is 34.8 Å². The Hall–Kier alpha value is -3.38. The Morgan fingerprint density at radius 1 is 1.34 bits per heavy atom. The van der Waals surface area contributed by atoms with E-state index in [1.807, 2.05) is 0 Å². The molecule has 2 aliphatic rings. The molecule has 0 spiro atoms. The number of rotatable bonds is 5. The molecule has 4 rings (SSSR count). The number of carbonyl (C=O) groups is 3. The molecule has 2 aliphatic heterocycles. The third-order valence-electron chi connectivity index (χ3n) is 4.49. The van der Waals surface area contributed by atoms with Gasteiger partial charge in [-0.15, -0.1) is 11.3 Å². The first kappa shape index (κ1) is 19.0. The van der Waals surface area contributed by atoms with Gasteiger partial charge in [-0.25, -0.2) is 14.2 Å². The molecule has 0 aliphatic carbocycles. The molecular formula is C17H16FN7O3S. The summed E-state index contributed by atoms with van der Waals surface area (Å²) in [4.78, 5) is 40.9. The molecule has 1 aromatic carbocycles. The van der Waals surface area contributed by atoms with Crippen molar-refractivity contribution < 1.29 is 18.8 Å². The molecule has 0 saturated carbocycles. The third-order valence-corrected chi connectivity index (χ3v) is 5.43. The van der Waals surface area contributed by atoms with E-state index in [0.29, 0.717) is 10.7 Å². The largest absolute Gasteiger partial charge is 0.348 e. The smallest absolute Gasteiger partial charge is 0.322 e. The Kier molecular flexibility index (Phi) is 4.72. The van der Waals surface area contributed by atoms with E-state index in [4.69, 9.17) is 0 Å². The van der Waals surface area contributed by atoms with E-state index in [-0.39, 0.29) is 24.6 Å². The van der Waals surface area contributed by atoms with Gasteiger partial charge in [-0.1, -0.05) is 0 Å². The van der Waals surface area contributed by atoms with Crippen molar-refractivity contribution in [1.82, 2.24) is 25.9 Å². The van der Waals surface area contributed by atoms with Gasteiger partial charge in [0.15, 0.2) is 5.54 Å². The molecular weight excluding hydrogens is 401 g/mol. The number of amides is 4. The molecule has 3 heterocycles. The van der Waals surface area contributed by atoms with Gasteiger partial charge in [0.25, 0.3) is 11.8 Å². The molecule has 1 fully saturated rings. The molecule has 1 aromatic heterocycles. The van der Waals surface area contributed by atoms with Gasteiger partial charge < -0.3 is 10.6 Å². The number of nitrogens with one attached hydrogen (secondary N) is 3. The first-order valence-electron chi connectivity index (χ1n) is 8.55. The van der Waals surface area contributed by atoms with Crippen LogP contribution in [0.3, 0.4) is 0 Å². The highest BCUT2D eigenvalue weighted by Gasteiger charge is 2.50. The second kappa shape index (κ2) is 7.22. The van der Waals surface area contributed by atoms with Crippen molar-refractivity contribution in [3.05, 3.63) is 46.7 Å².